The topological polar surface area (TPSA) is 58.4 Å². The van der Waals surface area contributed by atoms with Crippen LogP contribution in [0.25, 0.3) is 0 Å². The molecule has 1 rings (SSSR count). The summed E-state index contributed by atoms with van der Waals surface area (Å²) in [6, 6.07) is -0.160. The summed E-state index contributed by atoms with van der Waals surface area (Å²) in [5.74, 6) is -0.0123. The lowest BCUT2D eigenvalue weighted by molar-refractivity contribution is -0.125. The van der Waals surface area contributed by atoms with Crippen LogP contribution in [0.5, 0.6) is 0 Å². The van der Waals surface area contributed by atoms with Gasteiger partial charge in [0, 0.05) is 24.7 Å². The normalized spacial score (nSPS) is 21.2. The second-order valence-corrected chi connectivity index (χ2v) is 7.78. The van der Waals surface area contributed by atoms with Crippen LogP contribution in [0.3, 0.4) is 0 Å². The molecule has 0 aliphatic carbocycles. The Bertz CT molecular complexity index is 306. The third-order valence-corrected chi connectivity index (χ3v) is 4.01. The highest BCUT2D eigenvalue weighted by Crippen LogP contribution is 2.21. The van der Waals surface area contributed by atoms with E-state index in [4.69, 9.17) is 5.73 Å². The molecule has 0 aromatic carbocycles. The third-order valence-electron chi connectivity index (χ3n) is 4.01. The van der Waals surface area contributed by atoms with Crippen LogP contribution in [0.1, 0.15) is 54.4 Å². The minimum atomic E-state index is -0.437. The van der Waals surface area contributed by atoms with Crippen molar-refractivity contribution in [2.24, 2.45) is 11.1 Å². The zero-order chi connectivity index (χ0) is 14.8. The van der Waals surface area contributed by atoms with Gasteiger partial charge >= 0.3 is 0 Å². The lowest BCUT2D eigenvalue weighted by atomic mass is 9.86. The van der Waals surface area contributed by atoms with E-state index in [0.717, 1.165) is 25.9 Å². The Morgan fingerprint density at radius 1 is 1.16 bits per heavy atom. The van der Waals surface area contributed by atoms with Crippen LogP contribution in [-0.4, -0.2) is 41.5 Å². The molecule has 0 bridgehead atoms. The SMILES string of the molecule is CC(C)(C)[C@H](N)C(=O)NC1CCN(C(C)(C)C)CC1. The quantitative estimate of drug-likeness (QED) is 0.803. The highest BCUT2D eigenvalue weighted by molar-refractivity contribution is 5.82. The highest BCUT2D eigenvalue weighted by atomic mass is 16.2. The molecule has 0 saturated carbocycles. The Hall–Kier alpha value is -0.610. The minimum Gasteiger partial charge on any atom is -0.352 e. The van der Waals surface area contributed by atoms with E-state index in [-0.39, 0.29) is 22.9 Å². The molecular formula is C15H31N3O. The van der Waals surface area contributed by atoms with Crippen molar-refractivity contribution in [1.82, 2.24) is 10.2 Å². The number of hydrogen-bond donors (Lipinski definition) is 2. The van der Waals surface area contributed by atoms with Gasteiger partial charge in [-0.3, -0.25) is 9.69 Å². The average Bonchev–Trinajstić information content (AvgIpc) is 2.26. The molecule has 19 heavy (non-hydrogen) atoms. The van der Waals surface area contributed by atoms with Crippen molar-refractivity contribution in [3.05, 3.63) is 0 Å². The second-order valence-electron chi connectivity index (χ2n) is 7.78. The Kier molecular flexibility index (Phi) is 5.02. The number of piperidine rings is 1. The fourth-order valence-corrected chi connectivity index (χ4v) is 2.38. The van der Waals surface area contributed by atoms with Crippen LogP contribution < -0.4 is 11.1 Å². The van der Waals surface area contributed by atoms with Gasteiger partial charge < -0.3 is 11.1 Å². The smallest absolute Gasteiger partial charge is 0.237 e. The number of nitrogens with one attached hydrogen (secondary N) is 1. The number of amides is 1. The molecule has 1 saturated heterocycles. The van der Waals surface area contributed by atoms with Crippen LogP contribution in [0.4, 0.5) is 0 Å². The van der Waals surface area contributed by atoms with Crippen LogP contribution in [0, 0.1) is 5.41 Å². The number of nitrogens with two attached hydrogens (primary N) is 1. The van der Waals surface area contributed by atoms with Gasteiger partial charge in [-0.05, 0) is 39.0 Å². The van der Waals surface area contributed by atoms with E-state index in [1.807, 2.05) is 20.8 Å². The van der Waals surface area contributed by atoms with Crippen molar-refractivity contribution in [3.63, 3.8) is 0 Å². The molecule has 1 fully saturated rings. The van der Waals surface area contributed by atoms with E-state index in [0.29, 0.717) is 0 Å². The van der Waals surface area contributed by atoms with E-state index >= 15 is 0 Å². The van der Waals surface area contributed by atoms with Gasteiger partial charge in [-0.25, -0.2) is 0 Å². The summed E-state index contributed by atoms with van der Waals surface area (Å²) in [4.78, 5) is 14.6. The zero-order valence-corrected chi connectivity index (χ0v) is 13.4. The first-order valence-electron chi connectivity index (χ1n) is 7.33. The van der Waals surface area contributed by atoms with Gasteiger partial charge in [0.2, 0.25) is 5.91 Å². The number of rotatable bonds is 2. The fourth-order valence-electron chi connectivity index (χ4n) is 2.38. The summed E-state index contributed by atoms with van der Waals surface area (Å²) >= 11 is 0. The molecule has 1 amide bonds. The van der Waals surface area contributed by atoms with Gasteiger partial charge in [-0.1, -0.05) is 20.8 Å². The molecule has 4 heteroatoms. The van der Waals surface area contributed by atoms with Gasteiger partial charge in [0.1, 0.15) is 0 Å². The van der Waals surface area contributed by atoms with Gasteiger partial charge in [-0.15, -0.1) is 0 Å². The summed E-state index contributed by atoms with van der Waals surface area (Å²) in [7, 11) is 0. The summed E-state index contributed by atoms with van der Waals surface area (Å²) in [6.45, 7) is 14.8. The van der Waals surface area contributed by atoms with E-state index in [1.54, 1.807) is 0 Å². The third kappa shape index (κ3) is 4.77. The van der Waals surface area contributed by atoms with E-state index in [9.17, 15) is 4.79 Å². The van der Waals surface area contributed by atoms with E-state index in [1.165, 1.54) is 0 Å². The maximum Gasteiger partial charge on any atom is 0.237 e. The maximum atomic E-state index is 12.1. The van der Waals surface area contributed by atoms with Crippen LogP contribution >= 0.6 is 0 Å². The molecule has 1 heterocycles. The van der Waals surface area contributed by atoms with Crippen molar-refractivity contribution < 1.29 is 4.79 Å². The number of carbonyl (C=O) groups is 1. The molecule has 0 aromatic rings. The molecular weight excluding hydrogens is 238 g/mol. The van der Waals surface area contributed by atoms with Crippen LogP contribution in [0.15, 0.2) is 0 Å². The number of nitrogens with zero attached hydrogens (tertiary/aromatic N) is 1. The maximum absolute atomic E-state index is 12.1. The Morgan fingerprint density at radius 2 is 1.63 bits per heavy atom. The minimum absolute atomic E-state index is 0.0123. The van der Waals surface area contributed by atoms with Gasteiger partial charge in [-0.2, -0.15) is 0 Å². The average molecular weight is 269 g/mol. The lowest BCUT2D eigenvalue weighted by Gasteiger charge is -2.41. The second kappa shape index (κ2) is 5.80. The molecule has 1 aliphatic heterocycles. The van der Waals surface area contributed by atoms with Crippen molar-refractivity contribution in [3.8, 4) is 0 Å². The molecule has 0 unspecified atom stereocenters. The summed E-state index contributed by atoms with van der Waals surface area (Å²) < 4.78 is 0. The Labute approximate surface area is 118 Å². The van der Waals surface area contributed by atoms with Crippen LogP contribution in [0.2, 0.25) is 0 Å². The Balaban J connectivity index is 2.44. The lowest BCUT2D eigenvalue weighted by Crippen LogP contribution is -2.55. The molecule has 1 aliphatic rings. The zero-order valence-electron chi connectivity index (χ0n) is 13.4. The predicted molar refractivity (Wildman–Crippen MR) is 79.9 cm³/mol. The van der Waals surface area contributed by atoms with Gasteiger partial charge in [0.15, 0.2) is 0 Å². The van der Waals surface area contributed by atoms with Crippen molar-refractivity contribution in [2.75, 3.05) is 13.1 Å². The first-order chi connectivity index (χ1) is 8.51. The number of likely N-dealkylation sites (tertiary alicyclic amines) is 1. The largest absolute Gasteiger partial charge is 0.352 e. The standard InChI is InChI=1S/C15H31N3O/c1-14(2,3)12(16)13(19)17-11-7-9-18(10-8-11)15(4,5)6/h11-12H,7-10,16H2,1-6H3,(H,17,19)/t12-/m1/s1. The molecule has 0 spiro atoms. The molecule has 3 N–H and O–H groups in total. The molecule has 4 nitrogen and oxygen atoms in total. The van der Waals surface area contributed by atoms with Gasteiger partial charge in [0.05, 0.1) is 6.04 Å². The molecule has 112 valence electrons. The summed E-state index contributed by atoms with van der Waals surface area (Å²) in [6.07, 6.45) is 2.03. The molecule has 0 radical (unpaired) electrons. The monoisotopic (exact) mass is 269 g/mol. The number of carbonyl (C=O) groups excluding carboxylic acids is 1. The summed E-state index contributed by atoms with van der Waals surface area (Å²) in [5.41, 5.74) is 6.02. The first-order valence-corrected chi connectivity index (χ1v) is 7.33. The van der Waals surface area contributed by atoms with Crippen LogP contribution in [-0.2, 0) is 4.79 Å². The van der Waals surface area contributed by atoms with Crippen molar-refractivity contribution >= 4 is 5.91 Å². The highest BCUT2D eigenvalue weighted by Gasteiger charge is 2.31. The van der Waals surface area contributed by atoms with E-state index < -0.39 is 6.04 Å². The van der Waals surface area contributed by atoms with Gasteiger partial charge in [0.25, 0.3) is 0 Å². The molecule has 1 atom stereocenters. The van der Waals surface area contributed by atoms with Crippen molar-refractivity contribution in [2.45, 2.75) is 72.0 Å². The molecule has 0 aromatic heterocycles. The first kappa shape index (κ1) is 16.4. The number of hydrogen-bond acceptors (Lipinski definition) is 3. The van der Waals surface area contributed by atoms with E-state index in [2.05, 4.69) is 31.0 Å². The summed E-state index contributed by atoms with van der Waals surface area (Å²) in [5, 5.41) is 3.11. The Morgan fingerprint density at radius 3 is 2.00 bits per heavy atom. The fraction of sp³-hybridized carbons (Fsp3) is 0.933. The predicted octanol–water partition coefficient (Wildman–Crippen LogP) is 1.74. The van der Waals surface area contributed by atoms with Crippen molar-refractivity contribution in [1.29, 1.82) is 0 Å².